The van der Waals surface area contributed by atoms with Gasteiger partial charge in [-0.15, -0.1) is 0 Å². The third-order valence-corrected chi connectivity index (χ3v) is 4.23. The number of aromatic amines is 1. The molecule has 0 saturated heterocycles. The zero-order valence-electron chi connectivity index (χ0n) is 17.7. The van der Waals surface area contributed by atoms with E-state index in [1.54, 1.807) is 37.4 Å². The molecule has 3 rings (SSSR count). The highest BCUT2D eigenvalue weighted by atomic mass is 16.5. The van der Waals surface area contributed by atoms with Crippen molar-refractivity contribution in [3.63, 3.8) is 0 Å². The second-order valence-electron chi connectivity index (χ2n) is 6.83. The van der Waals surface area contributed by atoms with Crippen molar-refractivity contribution in [3.05, 3.63) is 53.7 Å². The van der Waals surface area contributed by atoms with Gasteiger partial charge in [0, 0.05) is 5.56 Å². The first-order valence-electron chi connectivity index (χ1n) is 9.52. The molecule has 2 aromatic carbocycles. The maximum absolute atomic E-state index is 12.3. The highest BCUT2D eigenvalue weighted by Gasteiger charge is 2.13. The first kappa shape index (κ1) is 21.7. The van der Waals surface area contributed by atoms with Crippen LogP contribution >= 0.6 is 0 Å². The van der Waals surface area contributed by atoms with Gasteiger partial charge in [-0.1, -0.05) is 0 Å². The number of hydrogen-bond donors (Lipinski definition) is 3. The van der Waals surface area contributed by atoms with Gasteiger partial charge in [0.25, 0.3) is 5.91 Å². The number of nitrogens with one attached hydrogen (secondary N) is 2. The third kappa shape index (κ3) is 5.33. The minimum absolute atomic E-state index is 0.0173. The topological polar surface area (TPSA) is 118 Å². The number of H-pyrrole nitrogens is 1. The van der Waals surface area contributed by atoms with Crippen molar-refractivity contribution in [2.45, 2.75) is 20.0 Å². The number of rotatable bonds is 8. The number of benzene rings is 2. The van der Waals surface area contributed by atoms with E-state index in [-0.39, 0.29) is 17.5 Å². The molecule has 0 unspecified atom stereocenters. The van der Waals surface area contributed by atoms with Gasteiger partial charge in [0.05, 0.1) is 32.2 Å². The lowest BCUT2D eigenvalue weighted by Crippen LogP contribution is -2.18. The van der Waals surface area contributed by atoms with Crippen molar-refractivity contribution in [1.82, 2.24) is 15.6 Å². The fraction of sp³-hybridized carbons (Fsp3) is 0.227. The number of hydrogen-bond acceptors (Lipinski definition) is 7. The molecule has 0 aliphatic carbocycles. The number of phenols is 1. The Hall–Kier alpha value is -4.01. The first-order valence-corrected chi connectivity index (χ1v) is 9.52. The molecule has 0 saturated carbocycles. The summed E-state index contributed by atoms with van der Waals surface area (Å²) in [6.45, 7) is 3.87. The molecule has 0 spiro atoms. The van der Waals surface area contributed by atoms with Crippen LogP contribution in [0.4, 0.5) is 0 Å². The molecule has 162 valence electrons. The van der Waals surface area contributed by atoms with Gasteiger partial charge in [-0.25, -0.2) is 5.43 Å². The highest BCUT2D eigenvalue weighted by Crippen LogP contribution is 2.32. The maximum atomic E-state index is 12.3. The standard InChI is InChI=1S/C22H24N4O5/c1-13(2)31-19-8-6-15(10-21(19)30-4)16-11-17(25-24-16)22(28)26-23-12-14-5-7-18(27)20(9-14)29-3/h5-13,27H,1-4H3,(H,24,25)(H,26,28)/b23-12+. The molecule has 0 atom stereocenters. The van der Waals surface area contributed by atoms with Gasteiger partial charge in [-0.3, -0.25) is 9.89 Å². The normalized spacial score (nSPS) is 11.0. The predicted octanol–water partition coefficient (Wildman–Crippen LogP) is 3.35. The molecule has 0 radical (unpaired) electrons. The summed E-state index contributed by atoms with van der Waals surface area (Å²) >= 11 is 0. The predicted molar refractivity (Wildman–Crippen MR) is 116 cm³/mol. The quantitative estimate of drug-likeness (QED) is 0.377. The van der Waals surface area contributed by atoms with Crippen molar-refractivity contribution in [1.29, 1.82) is 0 Å². The summed E-state index contributed by atoms with van der Waals surface area (Å²) in [5, 5.41) is 20.4. The molecule has 0 bridgehead atoms. The molecule has 0 aliphatic rings. The number of methoxy groups -OCH3 is 2. The van der Waals surface area contributed by atoms with Crippen LogP contribution in [0.25, 0.3) is 11.3 Å². The van der Waals surface area contributed by atoms with E-state index in [9.17, 15) is 9.90 Å². The van der Waals surface area contributed by atoms with Crippen LogP contribution in [-0.2, 0) is 0 Å². The highest BCUT2D eigenvalue weighted by molar-refractivity contribution is 5.94. The summed E-state index contributed by atoms with van der Waals surface area (Å²) in [5.41, 5.74) is 4.67. The van der Waals surface area contributed by atoms with Crippen molar-refractivity contribution in [2.75, 3.05) is 14.2 Å². The minimum Gasteiger partial charge on any atom is -0.504 e. The Morgan fingerprint density at radius 2 is 1.87 bits per heavy atom. The summed E-state index contributed by atoms with van der Waals surface area (Å²) in [4.78, 5) is 12.3. The number of nitrogens with zero attached hydrogens (tertiary/aromatic N) is 2. The number of aromatic nitrogens is 2. The summed E-state index contributed by atoms with van der Waals surface area (Å²) in [6.07, 6.45) is 1.46. The number of carbonyl (C=O) groups excluding carboxylic acids is 1. The number of phenolic OH excluding ortho intramolecular Hbond substituents is 1. The average molecular weight is 424 g/mol. The Kier molecular flexibility index (Phi) is 6.76. The molecular formula is C22H24N4O5. The number of carbonyl (C=O) groups is 1. The largest absolute Gasteiger partial charge is 0.504 e. The molecule has 1 aromatic heterocycles. The lowest BCUT2D eigenvalue weighted by molar-refractivity contribution is 0.0950. The molecule has 3 N–H and O–H groups in total. The second-order valence-corrected chi connectivity index (χ2v) is 6.83. The SMILES string of the molecule is COc1cc(/C=N/NC(=O)c2cc(-c3ccc(OC(C)C)c(OC)c3)n[nH]2)ccc1O. The fourth-order valence-electron chi connectivity index (χ4n) is 2.76. The van der Waals surface area contributed by atoms with Gasteiger partial charge in [0.15, 0.2) is 23.0 Å². The van der Waals surface area contributed by atoms with Crippen LogP contribution in [0, 0.1) is 0 Å². The molecule has 0 fully saturated rings. The second kappa shape index (κ2) is 9.66. The summed E-state index contributed by atoms with van der Waals surface area (Å²) in [6, 6.07) is 11.8. The molecule has 3 aromatic rings. The number of aromatic hydroxyl groups is 1. The third-order valence-electron chi connectivity index (χ3n) is 4.23. The molecular weight excluding hydrogens is 400 g/mol. The van der Waals surface area contributed by atoms with E-state index in [1.165, 1.54) is 19.4 Å². The average Bonchev–Trinajstić information content (AvgIpc) is 3.25. The first-order chi connectivity index (χ1) is 14.9. The number of hydrazone groups is 1. The minimum atomic E-state index is -0.451. The van der Waals surface area contributed by atoms with Gasteiger partial charge in [0.1, 0.15) is 5.69 Å². The molecule has 1 heterocycles. The van der Waals surface area contributed by atoms with Crippen LogP contribution < -0.4 is 19.6 Å². The summed E-state index contributed by atoms with van der Waals surface area (Å²) in [7, 11) is 3.02. The molecule has 0 aliphatic heterocycles. The van der Waals surface area contributed by atoms with Gasteiger partial charge in [-0.2, -0.15) is 10.2 Å². The smallest absolute Gasteiger partial charge is 0.289 e. The monoisotopic (exact) mass is 424 g/mol. The number of ether oxygens (including phenoxy) is 3. The van der Waals surface area contributed by atoms with Crippen molar-refractivity contribution >= 4 is 12.1 Å². The van der Waals surface area contributed by atoms with Gasteiger partial charge in [0.2, 0.25) is 0 Å². The van der Waals surface area contributed by atoms with Crippen molar-refractivity contribution in [3.8, 4) is 34.3 Å². The van der Waals surface area contributed by atoms with Gasteiger partial charge >= 0.3 is 0 Å². The summed E-state index contributed by atoms with van der Waals surface area (Å²) < 4.78 is 16.2. The van der Waals surface area contributed by atoms with Crippen molar-refractivity contribution in [2.24, 2.45) is 5.10 Å². The van der Waals surface area contributed by atoms with E-state index in [1.807, 2.05) is 19.9 Å². The lowest BCUT2D eigenvalue weighted by Gasteiger charge is -2.14. The van der Waals surface area contributed by atoms with Crippen LogP contribution in [0.2, 0.25) is 0 Å². The number of amides is 1. The Morgan fingerprint density at radius 1 is 1.10 bits per heavy atom. The van der Waals surface area contributed by atoms with Crippen LogP contribution in [0.1, 0.15) is 29.9 Å². The Balaban J connectivity index is 1.69. The zero-order chi connectivity index (χ0) is 22.4. The lowest BCUT2D eigenvalue weighted by atomic mass is 10.1. The van der Waals surface area contributed by atoms with Crippen LogP contribution in [0.15, 0.2) is 47.6 Å². The Bertz CT molecular complexity index is 1090. The molecule has 9 heteroatoms. The van der Waals surface area contributed by atoms with E-state index >= 15 is 0 Å². The van der Waals surface area contributed by atoms with Crippen LogP contribution in [0.5, 0.6) is 23.0 Å². The molecule has 1 amide bonds. The van der Waals surface area contributed by atoms with Crippen molar-refractivity contribution < 1.29 is 24.1 Å². The van der Waals surface area contributed by atoms with E-state index < -0.39 is 5.91 Å². The van der Waals surface area contributed by atoms with E-state index in [0.29, 0.717) is 28.5 Å². The summed E-state index contributed by atoms with van der Waals surface area (Å²) in [5.74, 6) is 1.10. The zero-order valence-corrected chi connectivity index (χ0v) is 17.7. The van der Waals surface area contributed by atoms with Crippen LogP contribution in [-0.4, -0.2) is 47.7 Å². The Morgan fingerprint density at radius 3 is 2.58 bits per heavy atom. The Labute approximate surface area is 179 Å². The maximum Gasteiger partial charge on any atom is 0.289 e. The van der Waals surface area contributed by atoms with E-state index in [4.69, 9.17) is 14.2 Å². The van der Waals surface area contributed by atoms with Crippen LogP contribution in [0.3, 0.4) is 0 Å². The van der Waals surface area contributed by atoms with E-state index in [0.717, 1.165) is 5.56 Å². The van der Waals surface area contributed by atoms with Gasteiger partial charge in [-0.05, 0) is 61.9 Å². The van der Waals surface area contributed by atoms with Gasteiger partial charge < -0.3 is 19.3 Å². The van der Waals surface area contributed by atoms with E-state index in [2.05, 4.69) is 20.7 Å². The molecule has 9 nitrogen and oxygen atoms in total. The molecule has 31 heavy (non-hydrogen) atoms. The fourth-order valence-corrected chi connectivity index (χ4v) is 2.76.